The quantitative estimate of drug-likeness (QED) is 0.784. The molecule has 1 aromatic rings. The molecule has 0 fully saturated rings. The molecule has 0 spiro atoms. The van der Waals surface area contributed by atoms with Crippen LogP contribution in [0.2, 0.25) is 0 Å². The molecule has 0 saturated carbocycles. The largest absolute Gasteiger partial charge is 0.266 e. The van der Waals surface area contributed by atoms with Gasteiger partial charge in [-0.2, -0.15) is 9.40 Å². The average molecular weight is 294 g/mol. The molecule has 0 saturated heterocycles. The molecule has 0 radical (unpaired) electrons. The van der Waals surface area contributed by atoms with Gasteiger partial charge in [-0.3, -0.25) is 5.10 Å². The van der Waals surface area contributed by atoms with Crippen LogP contribution in [0.5, 0.6) is 0 Å². The van der Waals surface area contributed by atoms with Crippen molar-refractivity contribution in [3.05, 3.63) is 11.8 Å². The molecule has 18 heavy (non-hydrogen) atoms. The van der Waals surface area contributed by atoms with Gasteiger partial charge in [0.05, 0.1) is 12.1 Å². The minimum Gasteiger partial charge on any atom is -0.266 e. The molecule has 1 atom stereocenters. The number of nitrogens with one attached hydrogen (secondary N) is 1. The molecule has 0 aliphatic heterocycles. The lowest BCUT2D eigenvalue weighted by Gasteiger charge is -2.23. The van der Waals surface area contributed by atoms with Crippen molar-refractivity contribution in [1.29, 1.82) is 0 Å². The molecule has 1 aromatic heterocycles. The number of aromatic nitrogens is 2. The van der Waals surface area contributed by atoms with Gasteiger partial charge in [-0.25, -0.2) is 8.42 Å². The third-order valence-corrected chi connectivity index (χ3v) is 5.23. The van der Waals surface area contributed by atoms with E-state index in [9.17, 15) is 8.42 Å². The van der Waals surface area contributed by atoms with Crippen LogP contribution in [0.25, 0.3) is 0 Å². The number of nitrogens with zero attached hydrogens (tertiary/aromatic N) is 2. The second-order valence-electron chi connectivity index (χ2n) is 4.33. The summed E-state index contributed by atoms with van der Waals surface area (Å²) in [5, 5.41) is 6.41. The van der Waals surface area contributed by atoms with E-state index < -0.39 is 10.0 Å². The average Bonchev–Trinajstić information content (AvgIpc) is 2.84. The van der Waals surface area contributed by atoms with Crippen molar-refractivity contribution >= 4 is 21.6 Å². The first-order valence-corrected chi connectivity index (χ1v) is 8.03. The number of sulfonamides is 1. The Morgan fingerprint density at radius 2 is 2.17 bits per heavy atom. The monoisotopic (exact) mass is 293 g/mol. The van der Waals surface area contributed by atoms with Gasteiger partial charge in [-0.05, 0) is 5.92 Å². The fourth-order valence-corrected chi connectivity index (χ4v) is 3.58. The van der Waals surface area contributed by atoms with Crippen molar-refractivity contribution in [3.63, 3.8) is 0 Å². The fraction of sp³-hybridized carbons (Fsp3) is 0.727. The van der Waals surface area contributed by atoms with Crippen LogP contribution in [0.4, 0.5) is 0 Å². The smallest absolute Gasteiger partial charge is 0.260 e. The van der Waals surface area contributed by atoms with Crippen LogP contribution < -0.4 is 0 Å². The van der Waals surface area contributed by atoms with Crippen LogP contribution in [0.3, 0.4) is 0 Å². The van der Waals surface area contributed by atoms with Crippen molar-refractivity contribution in [3.8, 4) is 0 Å². The summed E-state index contributed by atoms with van der Waals surface area (Å²) in [6.07, 6.45) is 2.40. The number of rotatable bonds is 7. The summed E-state index contributed by atoms with van der Waals surface area (Å²) in [5.74, 6) is 0.452. The van der Waals surface area contributed by atoms with E-state index in [1.165, 1.54) is 10.5 Å². The van der Waals surface area contributed by atoms with Crippen molar-refractivity contribution in [2.45, 2.75) is 38.1 Å². The molecule has 0 bridgehead atoms. The minimum atomic E-state index is -3.52. The first-order chi connectivity index (χ1) is 8.47. The van der Waals surface area contributed by atoms with Gasteiger partial charge in [0.2, 0.25) is 0 Å². The minimum absolute atomic E-state index is 0.114. The molecular formula is C11H20ClN3O2S. The van der Waals surface area contributed by atoms with Gasteiger partial charge in [0.1, 0.15) is 0 Å². The molecule has 1 N–H and O–H groups in total. The Balaban J connectivity index is 3.03. The van der Waals surface area contributed by atoms with E-state index in [1.54, 1.807) is 0 Å². The number of hydrogen-bond acceptors (Lipinski definition) is 3. The van der Waals surface area contributed by atoms with Crippen LogP contribution in [0.1, 0.15) is 32.8 Å². The van der Waals surface area contributed by atoms with E-state index in [1.807, 2.05) is 20.8 Å². The van der Waals surface area contributed by atoms with Crippen LogP contribution >= 0.6 is 11.6 Å². The Hall–Kier alpha value is -0.590. The molecule has 1 rings (SSSR count). The fourth-order valence-electron chi connectivity index (χ4n) is 1.62. The molecule has 7 heteroatoms. The Kier molecular flexibility index (Phi) is 5.62. The van der Waals surface area contributed by atoms with E-state index in [2.05, 4.69) is 10.2 Å². The van der Waals surface area contributed by atoms with E-state index in [-0.39, 0.29) is 10.9 Å². The molecule has 1 heterocycles. The highest BCUT2D eigenvalue weighted by Crippen LogP contribution is 2.20. The zero-order valence-corrected chi connectivity index (χ0v) is 12.6. The summed E-state index contributed by atoms with van der Waals surface area (Å²) in [4.78, 5) is 0. The van der Waals surface area contributed by atoms with Crippen molar-refractivity contribution in [1.82, 2.24) is 14.5 Å². The van der Waals surface area contributed by atoms with E-state index in [4.69, 9.17) is 11.6 Å². The molecule has 0 amide bonds. The Bertz CT molecular complexity index is 472. The first-order valence-electron chi connectivity index (χ1n) is 6.05. The first kappa shape index (κ1) is 15.5. The summed E-state index contributed by atoms with van der Waals surface area (Å²) >= 11 is 5.72. The normalized spacial score (nSPS) is 14.1. The molecule has 0 aliphatic rings. The van der Waals surface area contributed by atoms with Crippen molar-refractivity contribution in [2.75, 3.05) is 13.1 Å². The number of aromatic amines is 1. The van der Waals surface area contributed by atoms with Crippen LogP contribution in [-0.2, 0) is 15.9 Å². The maximum atomic E-state index is 12.5. The standard InChI is InChI=1S/C11H20ClN3O2S/c1-4-9(3)8-15(5-2)18(16,17)11-10(6-12)7-13-14-11/h7,9H,4-6,8H2,1-3H3,(H,13,14). The maximum Gasteiger partial charge on any atom is 0.260 e. The van der Waals surface area contributed by atoms with E-state index in [0.717, 1.165) is 6.42 Å². The van der Waals surface area contributed by atoms with Gasteiger partial charge in [0.15, 0.2) is 5.03 Å². The SMILES string of the molecule is CCC(C)CN(CC)S(=O)(=O)c1[nH]ncc1CCl. The number of alkyl halides is 1. The van der Waals surface area contributed by atoms with Gasteiger partial charge in [0.25, 0.3) is 10.0 Å². The summed E-state index contributed by atoms with van der Waals surface area (Å²) in [7, 11) is -3.52. The zero-order valence-electron chi connectivity index (χ0n) is 11.0. The van der Waals surface area contributed by atoms with Crippen LogP contribution in [0, 0.1) is 5.92 Å². The van der Waals surface area contributed by atoms with Gasteiger partial charge in [-0.15, -0.1) is 11.6 Å². The third-order valence-electron chi connectivity index (χ3n) is 2.98. The van der Waals surface area contributed by atoms with Gasteiger partial charge < -0.3 is 0 Å². The lowest BCUT2D eigenvalue weighted by atomic mass is 10.1. The van der Waals surface area contributed by atoms with Crippen LogP contribution in [-0.4, -0.2) is 36.0 Å². The Morgan fingerprint density at radius 1 is 1.50 bits per heavy atom. The lowest BCUT2D eigenvalue weighted by molar-refractivity contribution is 0.360. The summed E-state index contributed by atoms with van der Waals surface area (Å²) in [6, 6.07) is 0. The van der Waals surface area contributed by atoms with Gasteiger partial charge in [-0.1, -0.05) is 27.2 Å². The molecule has 0 aliphatic carbocycles. The number of hydrogen-bond donors (Lipinski definition) is 1. The van der Waals surface area contributed by atoms with E-state index >= 15 is 0 Å². The summed E-state index contributed by atoms with van der Waals surface area (Å²) in [5.41, 5.74) is 0.513. The second kappa shape index (κ2) is 6.54. The molecule has 1 unspecified atom stereocenters. The predicted molar refractivity (Wildman–Crippen MR) is 72.0 cm³/mol. The van der Waals surface area contributed by atoms with Gasteiger partial charge in [0, 0.05) is 18.7 Å². The third kappa shape index (κ3) is 3.24. The molecule has 0 aromatic carbocycles. The highest BCUT2D eigenvalue weighted by molar-refractivity contribution is 7.89. The Labute approximate surface area is 114 Å². The topological polar surface area (TPSA) is 66.1 Å². The summed E-state index contributed by atoms with van der Waals surface area (Å²) < 4.78 is 26.4. The highest BCUT2D eigenvalue weighted by Gasteiger charge is 2.28. The number of halogens is 1. The van der Waals surface area contributed by atoms with Gasteiger partial charge >= 0.3 is 0 Å². The van der Waals surface area contributed by atoms with Crippen molar-refractivity contribution < 1.29 is 8.42 Å². The summed E-state index contributed by atoms with van der Waals surface area (Å²) in [6.45, 7) is 6.86. The van der Waals surface area contributed by atoms with Crippen molar-refractivity contribution in [2.24, 2.45) is 5.92 Å². The Morgan fingerprint density at radius 3 is 2.67 bits per heavy atom. The maximum absolute atomic E-state index is 12.5. The van der Waals surface area contributed by atoms with Crippen LogP contribution in [0.15, 0.2) is 11.2 Å². The van der Waals surface area contributed by atoms with E-state index in [0.29, 0.717) is 24.6 Å². The second-order valence-corrected chi connectivity index (χ2v) is 6.47. The molecular weight excluding hydrogens is 274 g/mol. The zero-order chi connectivity index (χ0) is 13.8. The predicted octanol–water partition coefficient (Wildman–Crippen LogP) is 2.21. The molecule has 5 nitrogen and oxygen atoms in total. The highest BCUT2D eigenvalue weighted by atomic mass is 35.5. The number of H-pyrrole nitrogens is 1. The lowest BCUT2D eigenvalue weighted by Crippen LogP contribution is -2.35. The molecule has 104 valence electrons.